The molecule has 1 aliphatic rings. The van der Waals surface area contributed by atoms with Gasteiger partial charge in [-0.3, -0.25) is 23.9 Å². The molecule has 3 heterocycles. The minimum atomic E-state index is -0.00460. The van der Waals surface area contributed by atoms with E-state index in [1.54, 1.807) is 22.8 Å². The number of nitrogens with zero attached hydrogens (tertiary/aromatic N) is 4. The van der Waals surface area contributed by atoms with Crippen LogP contribution in [-0.4, -0.2) is 31.7 Å². The van der Waals surface area contributed by atoms with Crippen LogP contribution in [0.2, 0.25) is 0 Å². The molecule has 22 heavy (non-hydrogen) atoms. The second-order valence-electron chi connectivity index (χ2n) is 5.69. The Morgan fingerprint density at radius 3 is 2.82 bits per heavy atom. The minimum absolute atomic E-state index is 0.00460. The number of pyridine rings is 1. The third-order valence-electron chi connectivity index (χ3n) is 4.34. The number of fused-ring (bicyclic) bond motifs is 1. The van der Waals surface area contributed by atoms with Crippen molar-refractivity contribution in [3.63, 3.8) is 0 Å². The number of aromatic nitrogens is 3. The quantitative estimate of drug-likeness (QED) is 0.817. The first-order valence-corrected chi connectivity index (χ1v) is 7.49. The molecule has 0 saturated carbocycles. The molecule has 116 valence electrons. The largest absolute Gasteiger partial charge is 0.338 e. The molecule has 0 bridgehead atoms. The molecular weight excluding hydrogens is 280 g/mol. The van der Waals surface area contributed by atoms with Crippen LogP contribution < -0.4 is 5.56 Å². The maximum atomic E-state index is 12.5. The minimum Gasteiger partial charge on any atom is -0.338 e. The Morgan fingerprint density at radius 2 is 2.09 bits per heavy atom. The van der Waals surface area contributed by atoms with Crippen molar-refractivity contribution in [2.24, 2.45) is 14.1 Å². The molecule has 0 saturated heterocycles. The van der Waals surface area contributed by atoms with Crippen molar-refractivity contribution in [3.05, 3.63) is 51.7 Å². The van der Waals surface area contributed by atoms with Crippen molar-refractivity contribution in [2.75, 3.05) is 6.54 Å². The molecule has 0 N–H and O–H groups in total. The van der Waals surface area contributed by atoms with E-state index in [-0.39, 0.29) is 17.9 Å². The SMILES string of the molecule is Cn1c2c(c(=O)n1C)CN(C(=O)Cc1ccccn1)CCC2. The molecule has 0 aromatic carbocycles. The number of amides is 1. The van der Waals surface area contributed by atoms with Gasteiger partial charge in [0.1, 0.15) is 0 Å². The lowest BCUT2D eigenvalue weighted by atomic mass is 10.2. The summed E-state index contributed by atoms with van der Waals surface area (Å²) in [5, 5.41) is 0. The van der Waals surface area contributed by atoms with Crippen molar-refractivity contribution in [1.82, 2.24) is 19.2 Å². The van der Waals surface area contributed by atoms with Gasteiger partial charge >= 0.3 is 0 Å². The summed E-state index contributed by atoms with van der Waals surface area (Å²) < 4.78 is 3.50. The molecule has 2 aromatic heterocycles. The van der Waals surface area contributed by atoms with Crippen LogP contribution in [0, 0.1) is 0 Å². The van der Waals surface area contributed by atoms with Gasteiger partial charge < -0.3 is 4.90 Å². The Labute approximate surface area is 129 Å². The second-order valence-corrected chi connectivity index (χ2v) is 5.69. The van der Waals surface area contributed by atoms with Crippen LogP contribution in [0.15, 0.2) is 29.2 Å². The van der Waals surface area contributed by atoms with E-state index in [1.807, 2.05) is 29.9 Å². The fourth-order valence-corrected chi connectivity index (χ4v) is 2.99. The van der Waals surface area contributed by atoms with Crippen molar-refractivity contribution in [1.29, 1.82) is 0 Å². The van der Waals surface area contributed by atoms with E-state index in [1.165, 1.54) is 0 Å². The summed E-state index contributed by atoms with van der Waals surface area (Å²) in [7, 11) is 3.66. The zero-order valence-corrected chi connectivity index (χ0v) is 13.0. The predicted molar refractivity (Wildman–Crippen MR) is 82.3 cm³/mol. The number of rotatable bonds is 2. The summed E-state index contributed by atoms with van der Waals surface area (Å²) in [6.45, 7) is 1.08. The fourth-order valence-electron chi connectivity index (χ4n) is 2.99. The summed E-state index contributed by atoms with van der Waals surface area (Å²) in [5.41, 5.74) is 2.55. The van der Waals surface area contributed by atoms with Crippen LogP contribution in [0.3, 0.4) is 0 Å². The molecule has 6 heteroatoms. The molecule has 1 aliphatic heterocycles. The fraction of sp³-hybridized carbons (Fsp3) is 0.438. The lowest BCUT2D eigenvalue weighted by molar-refractivity contribution is -0.131. The third kappa shape index (κ3) is 2.56. The zero-order valence-electron chi connectivity index (χ0n) is 13.0. The highest BCUT2D eigenvalue weighted by Gasteiger charge is 2.24. The van der Waals surface area contributed by atoms with E-state index in [2.05, 4.69) is 4.98 Å². The topological polar surface area (TPSA) is 60.1 Å². The first kappa shape index (κ1) is 14.6. The average molecular weight is 300 g/mol. The van der Waals surface area contributed by atoms with Gasteiger partial charge in [0.05, 0.1) is 18.5 Å². The standard InChI is InChI=1S/C16H20N4O2/c1-18-14-7-5-9-20(11-13(14)16(22)19(18)2)15(21)10-12-6-3-4-8-17-12/h3-4,6,8H,5,7,9-11H2,1-2H3. The van der Waals surface area contributed by atoms with Crippen molar-refractivity contribution < 1.29 is 4.79 Å². The highest BCUT2D eigenvalue weighted by Crippen LogP contribution is 2.16. The van der Waals surface area contributed by atoms with Crippen molar-refractivity contribution >= 4 is 5.91 Å². The van der Waals surface area contributed by atoms with Gasteiger partial charge in [0, 0.05) is 38.2 Å². The number of hydrogen-bond donors (Lipinski definition) is 0. The lowest BCUT2D eigenvalue weighted by Crippen LogP contribution is -2.34. The molecule has 0 atom stereocenters. The first-order valence-electron chi connectivity index (χ1n) is 7.49. The van der Waals surface area contributed by atoms with Gasteiger partial charge in [-0.15, -0.1) is 0 Å². The maximum absolute atomic E-state index is 12.5. The van der Waals surface area contributed by atoms with E-state index >= 15 is 0 Å². The van der Waals surface area contributed by atoms with E-state index in [0.717, 1.165) is 29.8 Å². The summed E-state index contributed by atoms with van der Waals surface area (Å²) in [6.07, 6.45) is 3.67. The number of carbonyl (C=O) groups is 1. The molecule has 0 spiro atoms. The molecule has 0 fully saturated rings. The van der Waals surface area contributed by atoms with Crippen LogP contribution in [0.5, 0.6) is 0 Å². The zero-order chi connectivity index (χ0) is 15.7. The van der Waals surface area contributed by atoms with E-state index in [0.29, 0.717) is 13.1 Å². The van der Waals surface area contributed by atoms with Gasteiger partial charge in [-0.2, -0.15) is 0 Å². The van der Waals surface area contributed by atoms with Crippen molar-refractivity contribution in [3.8, 4) is 0 Å². The summed E-state index contributed by atoms with van der Waals surface area (Å²) >= 11 is 0. The van der Waals surface area contributed by atoms with Gasteiger partial charge in [0.15, 0.2) is 0 Å². The molecule has 0 aliphatic carbocycles. The smallest absolute Gasteiger partial charge is 0.271 e. The predicted octanol–water partition coefficient (Wildman–Crippen LogP) is 0.636. The van der Waals surface area contributed by atoms with Crippen LogP contribution >= 0.6 is 0 Å². The second kappa shape index (κ2) is 5.79. The molecule has 0 radical (unpaired) electrons. The Morgan fingerprint density at radius 1 is 1.27 bits per heavy atom. The van der Waals surface area contributed by atoms with Gasteiger partial charge in [0.25, 0.3) is 5.56 Å². The lowest BCUT2D eigenvalue weighted by Gasteiger charge is -2.20. The highest BCUT2D eigenvalue weighted by atomic mass is 16.2. The van der Waals surface area contributed by atoms with Crippen LogP contribution in [0.25, 0.3) is 0 Å². The molecule has 1 amide bonds. The molecule has 3 rings (SSSR count). The third-order valence-corrected chi connectivity index (χ3v) is 4.34. The summed E-state index contributed by atoms with van der Waals surface area (Å²) in [6, 6.07) is 5.56. The normalized spacial score (nSPS) is 14.5. The monoisotopic (exact) mass is 300 g/mol. The average Bonchev–Trinajstić information content (AvgIpc) is 2.71. The summed E-state index contributed by atoms with van der Waals surface area (Å²) in [4.78, 5) is 30.8. The Kier molecular flexibility index (Phi) is 3.83. The molecule has 6 nitrogen and oxygen atoms in total. The number of carbonyl (C=O) groups excluding carboxylic acids is 1. The Bertz CT molecular complexity index is 745. The summed E-state index contributed by atoms with van der Waals surface area (Å²) in [5.74, 6) is 0.0254. The van der Waals surface area contributed by atoms with E-state index < -0.39 is 0 Å². The van der Waals surface area contributed by atoms with Gasteiger partial charge in [0.2, 0.25) is 5.91 Å². The Balaban J connectivity index is 1.82. The van der Waals surface area contributed by atoms with Crippen molar-refractivity contribution in [2.45, 2.75) is 25.8 Å². The van der Waals surface area contributed by atoms with Crippen LogP contribution in [0.4, 0.5) is 0 Å². The van der Waals surface area contributed by atoms with E-state index in [4.69, 9.17) is 0 Å². The Hall–Kier alpha value is -2.37. The van der Waals surface area contributed by atoms with Gasteiger partial charge in [-0.25, -0.2) is 0 Å². The highest BCUT2D eigenvalue weighted by molar-refractivity contribution is 5.78. The van der Waals surface area contributed by atoms with Gasteiger partial charge in [-0.05, 0) is 25.0 Å². The van der Waals surface area contributed by atoms with E-state index in [9.17, 15) is 9.59 Å². The van der Waals surface area contributed by atoms with Crippen LogP contribution in [0.1, 0.15) is 23.4 Å². The molecule has 2 aromatic rings. The maximum Gasteiger partial charge on any atom is 0.271 e. The number of hydrogen-bond acceptors (Lipinski definition) is 3. The first-order chi connectivity index (χ1) is 10.6. The molecule has 0 unspecified atom stereocenters. The van der Waals surface area contributed by atoms with Crippen LogP contribution in [-0.2, 0) is 38.3 Å². The van der Waals surface area contributed by atoms with Gasteiger partial charge in [-0.1, -0.05) is 6.07 Å². The molecular formula is C16H20N4O2.